The lowest BCUT2D eigenvalue weighted by Gasteiger charge is -2.58. The lowest BCUT2D eigenvalue weighted by Crippen LogP contribution is -2.50. The standard InChI is InChI=1S/C25H41NO2/c1-16(15-26-5)21-8-9-22-20-7-6-18-14-19(28-17(2)27)10-12-24(18,3)23(20)11-13-25(21,22)4/h7,16,18-19,21-23,26H,6,8-15H2,1-5H3/t16-,18+,19+,21-,22+,23+,24+,25-/m1/s1. The average Bonchev–Trinajstić information content (AvgIpc) is 2.99. The van der Waals surface area contributed by atoms with Crippen LogP contribution in [0.4, 0.5) is 0 Å². The lowest BCUT2D eigenvalue weighted by atomic mass is 9.47. The van der Waals surface area contributed by atoms with E-state index in [0.29, 0.717) is 16.7 Å². The molecule has 28 heavy (non-hydrogen) atoms. The van der Waals surface area contributed by atoms with E-state index in [9.17, 15) is 4.79 Å². The molecule has 0 aromatic rings. The number of nitrogens with one attached hydrogen (secondary N) is 1. The molecule has 0 unspecified atom stereocenters. The van der Waals surface area contributed by atoms with Gasteiger partial charge in [0.2, 0.25) is 0 Å². The fourth-order valence-electron chi connectivity index (χ4n) is 8.25. The van der Waals surface area contributed by atoms with Gasteiger partial charge in [0.1, 0.15) is 6.10 Å². The second kappa shape index (κ2) is 7.45. The monoisotopic (exact) mass is 387 g/mol. The Morgan fingerprint density at radius 1 is 1.18 bits per heavy atom. The number of hydrogen-bond acceptors (Lipinski definition) is 3. The van der Waals surface area contributed by atoms with Gasteiger partial charge in [0, 0.05) is 6.92 Å². The zero-order chi connectivity index (χ0) is 20.1. The Hall–Kier alpha value is -0.830. The highest BCUT2D eigenvalue weighted by molar-refractivity contribution is 5.66. The maximum absolute atomic E-state index is 11.4. The summed E-state index contributed by atoms with van der Waals surface area (Å²) in [7, 11) is 2.10. The SMILES string of the molecule is CNC[C@@H](C)[C@H]1CC[C@H]2C3=CC[C@H]4C[C@@H](OC(C)=O)CC[C@]4(C)[C@H]3CC[C@]12C. The predicted octanol–water partition coefficient (Wildman–Crippen LogP) is 5.35. The van der Waals surface area contributed by atoms with Crippen LogP contribution < -0.4 is 5.32 Å². The van der Waals surface area contributed by atoms with Crippen LogP contribution in [0.5, 0.6) is 0 Å². The zero-order valence-corrected chi connectivity index (χ0v) is 18.7. The normalized spacial score (nSPS) is 46.0. The molecule has 0 spiro atoms. The van der Waals surface area contributed by atoms with E-state index < -0.39 is 0 Å². The second-order valence-corrected chi connectivity index (χ2v) is 11.0. The van der Waals surface area contributed by atoms with Crippen molar-refractivity contribution < 1.29 is 9.53 Å². The van der Waals surface area contributed by atoms with Gasteiger partial charge in [-0.2, -0.15) is 0 Å². The summed E-state index contributed by atoms with van der Waals surface area (Å²) < 4.78 is 5.60. The van der Waals surface area contributed by atoms with Crippen molar-refractivity contribution in [3.8, 4) is 0 Å². The van der Waals surface area contributed by atoms with Gasteiger partial charge in [-0.05, 0) is 105 Å². The molecule has 0 saturated heterocycles. The Morgan fingerprint density at radius 2 is 1.89 bits per heavy atom. The van der Waals surface area contributed by atoms with Crippen molar-refractivity contribution in [1.82, 2.24) is 5.32 Å². The first kappa shape index (κ1) is 20.4. The largest absolute Gasteiger partial charge is 0.463 e. The molecule has 3 saturated carbocycles. The Morgan fingerprint density at radius 3 is 2.61 bits per heavy atom. The van der Waals surface area contributed by atoms with Crippen molar-refractivity contribution in [2.45, 2.75) is 85.2 Å². The smallest absolute Gasteiger partial charge is 0.302 e. The number of carbonyl (C=O) groups is 1. The predicted molar refractivity (Wildman–Crippen MR) is 114 cm³/mol. The molecule has 158 valence electrons. The van der Waals surface area contributed by atoms with Crippen LogP contribution in [0.15, 0.2) is 11.6 Å². The maximum Gasteiger partial charge on any atom is 0.302 e. The first-order chi connectivity index (χ1) is 13.3. The molecular formula is C25H41NO2. The minimum absolute atomic E-state index is 0.109. The molecule has 0 heterocycles. The fourth-order valence-corrected chi connectivity index (χ4v) is 8.25. The van der Waals surface area contributed by atoms with Gasteiger partial charge in [-0.3, -0.25) is 4.79 Å². The zero-order valence-electron chi connectivity index (χ0n) is 18.7. The summed E-state index contributed by atoms with van der Waals surface area (Å²) in [4.78, 5) is 11.4. The maximum atomic E-state index is 11.4. The van der Waals surface area contributed by atoms with E-state index in [2.05, 4.69) is 39.2 Å². The van der Waals surface area contributed by atoms with Crippen LogP contribution in [0.3, 0.4) is 0 Å². The molecular weight excluding hydrogens is 346 g/mol. The average molecular weight is 388 g/mol. The van der Waals surface area contributed by atoms with Crippen molar-refractivity contribution in [2.24, 2.45) is 40.4 Å². The number of allylic oxidation sites excluding steroid dienone is 2. The van der Waals surface area contributed by atoms with E-state index in [4.69, 9.17) is 4.74 Å². The van der Waals surface area contributed by atoms with Gasteiger partial charge in [-0.15, -0.1) is 0 Å². The molecule has 4 aliphatic carbocycles. The molecule has 0 aromatic carbocycles. The van der Waals surface area contributed by atoms with Gasteiger partial charge in [0.05, 0.1) is 0 Å². The molecule has 0 radical (unpaired) electrons. The van der Waals surface area contributed by atoms with E-state index in [1.165, 1.54) is 38.5 Å². The lowest BCUT2D eigenvalue weighted by molar-refractivity contribution is -0.152. The molecule has 0 aliphatic heterocycles. The minimum atomic E-state index is -0.109. The molecule has 4 aliphatic rings. The Balaban J connectivity index is 1.55. The molecule has 1 N–H and O–H groups in total. The molecule has 3 heteroatoms. The van der Waals surface area contributed by atoms with E-state index in [0.717, 1.165) is 43.1 Å². The first-order valence-corrected chi connectivity index (χ1v) is 11.8. The highest BCUT2D eigenvalue weighted by Crippen LogP contribution is 2.66. The van der Waals surface area contributed by atoms with E-state index in [1.807, 2.05) is 5.57 Å². The molecule has 0 bridgehead atoms. The van der Waals surface area contributed by atoms with Crippen LogP contribution in [0.25, 0.3) is 0 Å². The second-order valence-electron chi connectivity index (χ2n) is 11.0. The van der Waals surface area contributed by atoms with E-state index in [-0.39, 0.29) is 12.1 Å². The molecule has 0 aromatic heterocycles. The van der Waals surface area contributed by atoms with Gasteiger partial charge in [-0.1, -0.05) is 32.4 Å². The van der Waals surface area contributed by atoms with Crippen LogP contribution in [0.2, 0.25) is 0 Å². The summed E-state index contributed by atoms with van der Waals surface area (Å²) in [5.74, 6) is 3.77. The van der Waals surface area contributed by atoms with Crippen molar-refractivity contribution in [3.05, 3.63) is 11.6 Å². The van der Waals surface area contributed by atoms with E-state index in [1.54, 1.807) is 6.92 Å². The van der Waals surface area contributed by atoms with Crippen LogP contribution in [-0.2, 0) is 9.53 Å². The van der Waals surface area contributed by atoms with Crippen molar-refractivity contribution in [3.63, 3.8) is 0 Å². The quantitative estimate of drug-likeness (QED) is 0.522. The summed E-state index contributed by atoms with van der Waals surface area (Å²) >= 11 is 0. The van der Waals surface area contributed by atoms with Crippen LogP contribution in [0, 0.1) is 40.4 Å². The van der Waals surface area contributed by atoms with Gasteiger partial charge in [0.15, 0.2) is 0 Å². The number of rotatable bonds is 4. The summed E-state index contributed by atoms with van der Waals surface area (Å²) in [6, 6.07) is 0. The molecule has 0 amide bonds. The summed E-state index contributed by atoms with van der Waals surface area (Å²) in [5.41, 5.74) is 2.74. The first-order valence-electron chi connectivity index (χ1n) is 11.8. The van der Waals surface area contributed by atoms with Crippen molar-refractivity contribution in [2.75, 3.05) is 13.6 Å². The minimum Gasteiger partial charge on any atom is -0.463 e. The van der Waals surface area contributed by atoms with Gasteiger partial charge in [-0.25, -0.2) is 0 Å². The Kier molecular flexibility index (Phi) is 5.44. The van der Waals surface area contributed by atoms with Gasteiger partial charge < -0.3 is 10.1 Å². The Labute approximate surface area is 172 Å². The molecule has 8 atom stereocenters. The van der Waals surface area contributed by atoms with Gasteiger partial charge >= 0.3 is 5.97 Å². The number of ether oxygens (including phenoxy) is 1. The number of hydrogen-bond donors (Lipinski definition) is 1. The van der Waals surface area contributed by atoms with Gasteiger partial charge in [0.25, 0.3) is 0 Å². The van der Waals surface area contributed by atoms with Crippen LogP contribution in [-0.4, -0.2) is 25.7 Å². The van der Waals surface area contributed by atoms with Crippen LogP contribution in [0.1, 0.15) is 79.1 Å². The third-order valence-corrected chi connectivity index (χ3v) is 9.65. The third-order valence-electron chi connectivity index (χ3n) is 9.65. The molecule has 4 rings (SSSR count). The highest BCUT2D eigenvalue weighted by atomic mass is 16.5. The molecule has 3 nitrogen and oxygen atoms in total. The van der Waals surface area contributed by atoms with Crippen molar-refractivity contribution in [1.29, 1.82) is 0 Å². The number of fused-ring (bicyclic) bond motifs is 5. The summed E-state index contributed by atoms with van der Waals surface area (Å²) in [6.07, 6.45) is 12.9. The number of esters is 1. The van der Waals surface area contributed by atoms with E-state index >= 15 is 0 Å². The summed E-state index contributed by atoms with van der Waals surface area (Å²) in [6.45, 7) is 10.3. The topological polar surface area (TPSA) is 38.3 Å². The Bertz CT molecular complexity index is 642. The highest BCUT2D eigenvalue weighted by Gasteiger charge is 2.58. The third kappa shape index (κ3) is 3.16. The summed E-state index contributed by atoms with van der Waals surface area (Å²) in [5, 5.41) is 3.42. The molecule has 3 fully saturated rings. The fraction of sp³-hybridized carbons (Fsp3) is 0.880. The van der Waals surface area contributed by atoms with Crippen molar-refractivity contribution >= 4 is 5.97 Å². The number of carbonyl (C=O) groups excluding carboxylic acids is 1. The van der Waals surface area contributed by atoms with Crippen LogP contribution >= 0.6 is 0 Å².